The maximum absolute atomic E-state index is 11.4. The number of methoxy groups -OCH3 is 1. The monoisotopic (exact) mass is 293 g/mol. The number of hydrogen-bond donors (Lipinski definition) is 1. The fraction of sp³-hybridized carbons (Fsp3) is 0.286. The van der Waals surface area contributed by atoms with Gasteiger partial charge in [0.15, 0.2) is 18.1 Å². The van der Waals surface area contributed by atoms with Gasteiger partial charge in [-0.25, -0.2) is 4.79 Å². The van der Waals surface area contributed by atoms with Crippen LogP contribution in [0.15, 0.2) is 18.2 Å². The van der Waals surface area contributed by atoms with Crippen molar-refractivity contribution in [2.45, 2.75) is 0 Å². The van der Waals surface area contributed by atoms with E-state index in [0.29, 0.717) is 36.0 Å². The molecule has 0 atom stereocenters. The van der Waals surface area contributed by atoms with Gasteiger partial charge in [0.2, 0.25) is 5.75 Å². The first-order valence-electron chi connectivity index (χ1n) is 6.21. The number of amides is 1. The van der Waals surface area contributed by atoms with Crippen LogP contribution in [0.2, 0.25) is 0 Å². The fourth-order valence-corrected chi connectivity index (χ4v) is 1.74. The molecule has 0 saturated heterocycles. The Kier molecular flexibility index (Phi) is 4.65. The number of rotatable bonds is 5. The van der Waals surface area contributed by atoms with Gasteiger partial charge in [-0.15, -0.1) is 0 Å². The third-order valence-corrected chi connectivity index (χ3v) is 2.62. The molecule has 7 heteroatoms. The van der Waals surface area contributed by atoms with Crippen molar-refractivity contribution in [3.05, 3.63) is 23.8 Å². The number of hydrogen-bond acceptors (Lipinski definition) is 6. The predicted octanol–water partition coefficient (Wildman–Crippen LogP) is 0.508. The lowest BCUT2D eigenvalue weighted by Gasteiger charge is -2.20. The number of primary amides is 1. The van der Waals surface area contributed by atoms with Crippen LogP contribution in [0.5, 0.6) is 17.2 Å². The Morgan fingerprint density at radius 1 is 1.33 bits per heavy atom. The Morgan fingerprint density at radius 3 is 2.81 bits per heavy atom. The molecule has 0 unspecified atom stereocenters. The molecule has 7 nitrogen and oxygen atoms in total. The first-order valence-corrected chi connectivity index (χ1v) is 6.21. The minimum absolute atomic E-state index is 0.448. The van der Waals surface area contributed by atoms with Crippen LogP contribution >= 0.6 is 0 Å². The Bertz CT molecular complexity index is 564. The largest absolute Gasteiger partial charge is 0.493 e. The molecule has 0 aromatic heterocycles. The average molecular weight is 293 g/mol. The van der Waals surface area contributed by atoms with Crippen LogP contribution in [0.4, 0.5) is 0 Å². The second-order valence-corrected chi connectivity index (χ2v) is 4.15. The van der Waals surface area contributed by atoms with E-state index in [1.807, 2.05) is 0 Å². The van der Waals surface area contributed by atoms with Gasteiger partial charge in [0.1, 0.15) is 13.2 Å². The van der Waals surface area contributed by atoms with E-state index in [1.165, 1.54) is 19.3 Å². The summed E-state index contributed by atoms with van der Waals surface area (Å²) in [5, 5.41) is 0. The Balaban J connectivity index is 2.13. The van der Waals surface area contributed by atoms with Crippen molar-refractivity contribution < 1.29 is 28.5 Å². The zero-order valence-electron chi connectivity index (χ0n) is 11.5. The normalized spacial score (nSPS) is 13.0. The average Bonchev–Trinajstić information content (AvgIpc) is 2.49. The first-order chi connectivity index (χ1) is 10.1. The fourth-order valence-electron chi connectivity index (χ4n) is 1.74. The van der Waals surface area contributed by atoms with Gasteiger partial charge in [0, 0.05) is 6.08 Å². The second kappa shape index (κ2) is 6.65. The van der Waals surface area contributed by atoms with E-state index >= 15 is 0 Å². The third kappa shape index (κ3) is 3.88. The first kappa shape index (κ1) is 14.7. The zero-order valence-corrected chi connectivity index (χ0v) is 11.5. The Hall–Kier alpha value is -2.70. The number of nitrogens with two attached hydrogens (primary N) is 1. The number of ether oxygens (including phenoxy) is 4. The van der Waals surface area contributed by atoms with Gasteiger partial charge in [-0.1, -0.05) is 0 Å². The van der Waals surface area contributed by atoms with Gasteiger partial charge in [-0.3, -0.25) is 4.79 Å². The molecule has 1 amide bonds. The lowest BCUT2D eigenvalue weighted by Crippen LogP contribution is -2.19. The van der Waals surface area contributed by atoms with Crippen LogP contribution in [0.3, 0.4) is 0 Å². The molecule has 112 valence electrons. The van der Waals surface area contributed by atoms with E-state index in [9.17, 15) is 9.59 Å². The van der Waals surface area contributed by atoms with Crippen LogP contribution in [0.25, 0.3) is 6.08 Å². The molecular formula is C14H15NO6. The summed E-state index contributed by atoms with van der Waals surface area (Å²) in [6.07, 6.45) is 2.71. The van der Waals surface area contributed by atoms with E-state index in [-0.39, 0.29) is 0 Å². The van der Waals surface area contributed by atoms with Crippen LogP contribution < -0.4 is 19.9 Å². The van der Waals surface area contributed by atoms with Gasteiger partial charge in [-0.2, -0.15) is 0 Å². The summed E-state index contributed by atoms with van der Waals surface area (Å²) in [5.41, 5.74) is 5.55. The minimum Gasteiger partial charge on any atom is -0.493 e. The van der Waals surface area contributed by atoms with Crippen molar-refractivity contribution in [3.8, 4) is 17.2 Å². The highest BCUT2D eigenvalue weighted by Gasteiger charge is 2.17. The molecule has 0 fully saturated rings. The molecule has 1 aliphatic rings. The highest BCUT2D eigenvalue weighted by atomic mass is 16.6. The maximum atomic E-state index is 11.4. The summed E-state index contributed by atoms with van der Waals surface area (Å²) in [6.45, 7) is 0.454. The molecule has 1 aliphatic heterocycles. The summed E-state index contributed by atoms with van der Waals surface area (Å²) in [7, 11) is 1.52. The molecule has 0 radical (unpaired) electrons. The van der Waals surface area contributed by atoms with Crippen LogP contribution in [0.1, 0.15) is 5.56 Å². The molecule has 0 bridgehead atoms. The second-order valence-electron chi connectivity index (χ2n) is 4.15. The summed E-state index contributed by atoms with van der Waals surface area (Å²) < 4.78 is 20.8. The molecule has 0 aliphatic carbocycles. The summed E-state index contributed by atoms with van der Waals surface area (Å²) >= 11 is 0. The van der Waals surface area contributed by atoms with Crippen molar-refractivity contribution in [1.82, 2.24) is 0 Å². The van der Waals surface area contributed by atoms with Crippen molar-refractivity contribution >= 4 is 18.0 Å². The van der Waals surface area contributed by atoms with Crippen molar-refractivity contribution in [1.29, 1.82) is 0 Å². The minimum atomic E-state index is -0.710. The van der Waals surface area contributed by atoms with Crippen LogP contribution in [-0.2, 0) is 14.3 Å². The highest BCUT2D eigenvalue weighted by Crippen LogP contribution is 2.40. The maximum Gasteiger partial charge on any atom is 0.331 e. The van der Waals surface area contributed by atoms with Crippen molar-refractivity contribution in [3.63, 3.8) is 0 Å². The summed E-state index contributed by atoms with van der Waals surface area (Å²) in [4.78, 5) is 21.9. The van der Waals surface area contributed by atoms with Crippen molar-refractivity contribution in [2.24, 2.45) is 5.73 Å². The van der Waals surface area contributed by atoms with Gasteiger partial charge < -0.3 is 24.7 Å². The molecule has 2 N–H and O–H groups in total. The van der Waals surface area contributed by atoms with Gasteiger partial charge >= 0.3 is 5.97 Å². The SMILES string of the molecule is COc1cc(/C=C/C(=O)OCC(N)=O)cc2c1OCCO2. The number of carbonyl (C=O) groups excluding carboxylic acids is 2. The number of fused-ring (bicyclic) bond motifs is 1. The molecule has 1 heterocycles. The number of benzene rings is 1. The molecule has 2 rings (SSSR count). The van der Waals surface area contributed by atoms with Crippen LogP contribution in [0, 0.1) is 0 Å². The molecule has 1 aromatic rings. The third-order valence-electron chi connectivity index (χ3n) is 2.62. The van der Waals surface area contributed by atoms with E-state index in [2.05, 4.69) is 4.74 Å². The molecular weight excluding hydrogens is 278 g/mol. The van der Waals surface area contributed by atoms with Crippen molar-refractivity contribution in [2.75, 3.05) is 26.9 Å². The van der Waals surface area contributed by atoms with Crippen LogP contribution in [-0.4, -0.2) is 38.8 Å². The van der Waals surface area contributed by atoms with E-state index in [0.717, 1.165) is 0 Å². The van der Waals surface area contributed by atoms with E-state index in [4.69, 9.17) is 19.9 Å². The molecule has 1 aromatic carbocycles. The summed E-state index contributed by atoms with van der Waals surface area (Å²) in [5.74, 6) is 0.223. The van der Waals surface area contributed by atoms with Gasteiger partial charge in [0.25, 0.3) is 5.91 Å². The number of carbonyl (C=O) groups is 2. The Morgan fingerprint density at radius 2 is 2.10 bits per heavy atom. The highest BCUT2D eigenvalue weighted by molar-refractivity contribution is 5.89. The molecule has 21 heavy (non-hydrogen) atoms. The zero-order chi connectivity index (χ0) is 15.2. The lowest BCUT2D eigenvalue weighted by atomic mass is 10.1. The standard InChI is InChI=1S/C14H15NO6/c1-18-10-6-9(2-3-13(17)21-8-12(15)16)7-11-14(10)20-5-4-19-11/h2-3,6-7H,4-5,8H2,1H3,(H2,15,16)/b3-2+. The van der Waals surface area contributed by atoms with Gasteiger partial charge in [-0.05, 0) is 23.8 Å². The van der Waals surface area contributed by atoms with E-state index < -0.39 is 18.5 Å². The smallest absolute Gasteiger partial charge is 0.331 e. The topological polar surface area (TPSA) is 97.1 Å². The summed E-state index contributed by atoms with van der Waals surface area (Å²) in [6, 6.07) is 3.42. The van der Waals surface area contributed by atoms with Gasteiger partial charge in [0.05, 0.1) is 7.11 Å². The molecule has 0 saturated carbocycles. The van der Waals surface area contributed by atoms with E-state index in [1.54, 1.807) is 12.1 Å². The Labute approximate surface area is 121 Å². The quantitative estimate of drug-likeness (QED) is 0.627. The predicted molar refractivity (Wildman–Crippen MR) is 73.2 cm³/mol. The lowest BCUT2D eigenvalue weighted by molar-refractivity contribution is -0.142. The number of esters is 1. The molecule has 0 spiro atoms.